The molecule has 6 atom stereocenters. The standard InChI is InChI=1S/C82H152O17P2/c1-6-10-13-16-19-22-24-26-32-37-41-46-51-56-61-66-80(85)93-72-78(99-82(87)68-63-58-53-48-43-39-35-31-29-28-30-34-36-40-45-49-54-59-64-75(5)9-4)74-97-101(90,91)95-70-76(83)69-94-100(88,89)96-73-77(71-92-79(84)65-60-55-50-44-21-18-15-12-8-3)98-81(86)67-62-57-52-47-42-38-33-27-25-23-20-17-14-11-7-2/h22-27,32-33,75-78,83H,6-21,28-31,34-74H2,1-5H3,(H,88,89)(H,90,91)/b24-22-,25-23-,32-26-,33-27-/t75?,76-,77+,78+/m0/s1. The van der Waals surface area contributed by atoms with Crippen molar-refractivity contribution in [2.24, 2.45) is 5.92 Å². The van der Waals surface area contributed by atoms with Gasteiger partial charge in [0.25, 0.3) is 0 Å². The Morgan fingerprint density at radius 3 is 0.842 bits per heavy atom. The molecule has 0 aromatic heterocycles. The molecule has 3 N–H and O–H groups in total. The van der Waals surface area contributed by atoms with Crippen LogP contribution in [-0.4, -0.2) is 96.7 Å². The molecule has 0 aliphatic heterocycles. The molecule has 0 aromatic carbocycles. The molecule has 17 nitrogen and oxygen atoms in total. The third-order valence-electron chi connectivity index (χ3n) is 18.4. The number of hydrogen-bond donors (Lipinski definition) is 3. The molecule has 0 spiro atoms. The molecule has 0 heterocycles. The van der Waals surface area contributed by atoms with Crippen molar-refractivity contribution >= 4 is 39.5 Å². The number of phosphoric ester groups is 2. The SMILES string of the molecule is CCCCCC/C=C\C=C/CCCCCCCC(=O)OC[C@H](COP(=O)(O)OC[C@@H](O)COP(=O)(O)OC[C@@H](COC(=O)CCCCCCCCCCC)OC(=O)CCCCCCC/C=C\C=C/CCCCCC)OC(=O)CCCCCCCCCCCCCCCCCCCCC(C)CC. The number of ether oxygens (including phenoxy) is 4. The number of rotatable bonds is 78. The number of esters is 4. The second-order valence-corrected chi connectivity index (χ2v) is 31.3. The van der Waals surface area contributed by atoms with Crippen LogP contribution in [0.4, 0.5) is 0 Å². The third kappa shape index (κ3) is 73.7. The smallest absolute Gasteiger partial charge is 0.462 e. The van der Waals surface area contributed by atoms with Gasteiger partial charge in [-0.25, -0.2) is 9.13 Å². The maximum absolute atomic E-state index is 13.1. The average Bonchev–Trinajstić information content (AvgIpc) is 0.985. The molecule has 0 aromatic rings. The van der Waals surface area contributed by atoms with Crippen LogP contribution >= 0.6 is 15.6 Å². The average molecular weight is 1470 g/mol. The molecule has 3 unspecified atom stereocenters. The lowest BCUT2D eigenvalue weighted by Gasteiger charge is -2.21. The van der Waals surface area contributed by atoms with E-state index in [4.69, 9.17) is 37.0 Å². The van der Waals surface area contributed by atoms with Gasteiger partial charge in [0.05, 0.1) is 26.4 Å². The minimum absolute atomic E-state index is 0.0830. The van der Waals surface area contributed by atoms with Gasteiger partial charge in [-0.05, 0) is 83.0 Å². The Morgan fingerprint density at radius 1 is 0.317 bits per heavy atom. The number of aliphatic hydroxyl groups is 1. The Hall–Kier alpha value is -2.98. The van der Waals surface area contributed by atoms with Gasteiger partial charge in [0.2, 0.25) is 0 Å². The molecule has 0 radical (unpaired) electrons. The van der Waals surface area contributed by atoms with Crippen molar-refractivity contribution in [1.29, 1.82) is 0 Å². The summed E-state index contributed by atoms with van der Waals surface area (Å²) in [6, 6.07) is 0. The Labute approximate surface area is 617 Å². The van der Waals surface area contributed by atoms with Crippen molar-refractivity contribution in [1.82, 2.24) is 0 Å². The van der Waals surface area contributed by atoms with Crippen molar-refractivity contribution in [2.45, 2.75) is 406 Å². The van der Waals surface area contributed by atoms with Crippen LogP contribution < -0.4 is 0 Å². The number of allylic oxidation sites excluding steroid dienone is 8. The van der Waals surface area contributed by atoms with Crippen LogP contribution in [0, 0.1) is 5.92 Å². The number of carbonyl (C=O) groups excluding carboxylic acids is 4. The molecule has 0 bridgehead atoms. The highest BCUT2D eigenvalue weighted by molar-refractivity contribution is 7.47. The van der Waals surface area contributed by atoms with Crippen LogP contribution in [0.1, 0.15) is 388 Å². The largest absolute Gasteiger partial charge is 0.472 e. The van der Waals surface area contributed by atoms with Gasteiger partial charge in [0, 0.05) is 25.7 Å². The van der Waals surface area contributed by atoms with Gasteiger partial charge in [0.1, 0.15) is 19.3 Å². The molecule has 101 heavy (non-hydrogen) atoms. The zero-order chi connectivity index (χ0) is 74.1. The molecule has 0 aliphatic rings. The van der Waals surface area contributed by atoms with E-state index in [1.54, 1.807) is 0 Å². The Morgan fingerprint density at radius 2 is 0.554 bits per heavy atom. The topological polar surface area (TPSA) is 237 Å². The van der Waals surface area contributed by atoms with Crippen LogP contribution in [0.25, 0.3) is 0 Å². The van der Waals surface area contributed by atoms with E-state index in [-0.39, 0.29) is 25.7 Å². The van der Waals surface area contributed by atoms with Crippen molar-refractivity contribution in [3.63, 3.8) is 0 Å². The minimum Gasteiger partial charge on any atom is -0.462 e. The lowest BCUT2D eigenvalue weighted by Crippen LogP contribution is -2.30. The molecule has 0 saturated carbocycles. The normalized spacial score (nSPS) is 14.4. The third-order valence-corrected chi connectivity index (χ3v) is 20.3. The summed E-state index contributed by atoms with van der Waals surface area (Å²) in [4.78, 5) is 72.9. The van der Waals surface area contributed by atoms with Gasteiger partial charge in [-0.1, -0.05) is 334 Å². The molecule has 0 saturated heterocycles. The summed E-state index contributed by atoms with van der Waals surface area (Å²) in [6.45, 7) is 7.24. The van der Waals surface area contributed by atoms with Crippen molar-refractivity contribution in [3.8, 4) is 0 Å². The Bertz CT molecular complexity index is 2120. The van der Waals surface area contributed by atoms with Gasteiger partial charge in [-0.15, -0.1) is 0 Å². The fourth-order valence-corrected chi connectivity index (χ4v) is 13.2. The molecule has 19 heteroatoms. The Kier molecular flexibility index (Phi) is 71.7. The first kappa shape index (κ1) is 98.0. The predicted octanol–water partition coefficient (Wildman–Crippen LogP) is 23.9. The minimum atomic E-state index is -4.97. The number of unbranched alkanes of at least 4 members (excludes halogenated alkanes) is 43. The fraction of sp³-hybridized carbons (Fsp3) is 0.854. The quantitative estimate of drug-likeness (QED) is 0.0169. The van der Waals surface area contributed by atoms with E-state index in [0.717, 1.165) is 128 Å². The van der Waals surface area contributed by atoms with E-state index >= 15 is 0 Å². The van der Waals surface area contributed by atoms with E-state index < -0.39 is 97.5 Å². The van der Waals surface area contributed by atoms with Crippen molar-refractivity contribution < 1.29 is 80.2 Å². The summed E-state index contributed by atoms with van der Waals surface area (Å²) in [5.74, 6) is -1.30. The summed E-state index contributed by atoms with van der Waals surface area (Å²) in [7, 11) is -9.94. The van der Waals surface area contributed by atoms with E-state index in [1.165, 1.54) is 180 Å². The second kappa shape index (κ2) is 73.9. The lowest BCUT2D eigenvalue weighted by molar-refractivity contribution is -0.161. The maximum atomic E-state index is 13.1. The van der Waals surface area contributed by atoms with Gasteiger partial charge >= 0.3 is 39.5 Å². The van der Waals surface area contributed by atoms with Gasteiger partial charge < -0.3 is 33.8 Å². The summed E-state index contributed by atoms with van der Waals surface area (Å²) >= 11 is 0. The number of carbonyl (C=O) groups is 4. The van der Waals surface area contributed by atoms with E-state index in [0.29, 0.717) is 25.7 Å². The first-order chi connectivity index (χ1) is 49.1. The molecule has 0 amide bonds. The van der Waals surface area contributed by atoms with Gasteiger partial charge in [-0.3, -0.25) is 37.3 Å². The summed E-state index contributed by atoms with van der Waals surface area (Å²) in [5.41, 5.74) is 0. The summed E-state index contributed by atoms with van der Waals surface area (Å²) in [5, 5.41) is 10.6. The predicted molar refractivity (Wildman–Crippen MR) is 413 cm³/mol. The van der Waals surface area contributed by atoms with Gasteiger partial charge in [-0.2, -0.15) is 0 Å². The number of aliphatic hydroxyl groups excluding tert-OH is 1. The Balaban J connectivity index is 5.26. The van der Waals surface area contributed by atoms with Crippen LogP contribution in [0.3, 0.4) is 0 Å². The lowest BCUT2D eigenvalue weighted by atomic mass is 9.99. The highest BCUT2D eigenvalue weighted by Gasteiger charge is 2.30. The molecule has 0 aliphatic carbocycles. The van der Waals surface area contributed by atoms with Gasteiger partial charge in [0.15, 0.2) is 12.2 Å². The zero-order valence-electron chi connectivity index (χ0n) is 65.0. The van der Waals surface area contributed by atoms with Crippen LogP contribution in [0.5, 0.6) is 0 Å². The summed E-state index contributed by atoms with van der Waals surface area (Å²) in [6.07, 6.45) is 71.0. The molecular weight excluding hydrogens is 1320 g/mol. The molecule has 592 valence electrons. The highest BCUT2D eigenvalue weighted by atomic mass is 31.2. The van der Waals surface area contributed by atoms with E-state index in [9.17, 15) is 43.2 Å². The highest BCUT2D eigenvalue weighted by Crippen LogP contribution is 2.45. The van der Waals surface area contributed by atoms with Crippen molar-refractivity contribution in [3.05, 3.63) is 48.6 Å². The van der Waals surface area contributed by atoms with Crippen LogP contribution in [0.15, 0.2) is 48.6 Å². The molecule has 0 fully saturated rings. The van der Waals surface area contributed by atoms with Crippen LogP contribution in [-0.2, 0) is 65.4 Å². The van der Waals surface area contributed by atoms with E-state index in [1.807, 2.05) is 0 Å². The molecular formula is C82H152O17P2. The van der Waals surface area contributed by atoms with Crippen LogP contribution in [0.2, 0.25) is 0 Å². The monoisotopic (exact) mass is 1470 g/mol. The van der Waals surface area contributed by atoms with Crippen molar-refractivity contribution in [2.75, 3.05) is 39.6 Å². The molecule has 0 rings (SSSR count). The summed E-state index contributed by atoms with van der Waals surface area (Å²) < 4.78 is 68.6. The fourth-order valence-electron chi connectivity index (χ4n) is 11.7. The first-order valence-corrected chi connectivity index (χ1v) is 44.3. The maximum Gasteiger partial charge on any atom is 0.472 e. The first-order valence-electron chi connectivity index (χ1n) is 41.3. The number of phosphoric acid groups is 2. The zero-order valence-corrected chi connectivity index (χ0v) is 66.8. The number of hydrogen-bond acceptors (Lipinski definition) is 15. The van der Waals surface area contributed by atoms with E-state index in [2.05, 4.69) is 83.2 Å². The second-order valence-electron chi connectivity index (χ2n) is 28.4.